The zero-order valence-electron chi connectivity index (χ0n) is 11.0. The van der Waals surface area contributed by atoms with E-state index >= 15 is 0 Å². The van der Waals surface area contributed by atoms with Crippen molar-refractivity contribution in [2.24, 2.45) is 0 Å². The van der Waals surface area contributed by atoms with Gasteiger partial charge in [0.2, 0.25) is 0 Å². The maximum absolute atomic E-state index is 5.32. The molecule has 1 heteroatoms. The molecule has 0 fully saturated rings. The molecule has 0 aliphatic heterocycles. The summed E-state index contributed by atoms with van der Waals surface area (Å²) in [5, 5.41) is 0. The van der Waals surface area contributed by atoms with Gasteiger partial charge in [0, 0.05) is 0 Å². The molecule has 0 N–H and O–H groups in total. The molecule has 0 unspecified atom stereocenters. The van der Waals surface area contributed by atoms with E-state index in [2.05, 4.69) is 32.9 Å². The molecule has 1 aromatic carbocycles. The highest BCUT2D eigenvalue weighted by atomic mass is 16.5. The standard InChI is InChI=1S/C15H24O/c1-5-7-13(8-6-2)15-11-14(16-4)10-9-12(15)3/h9-11,13H,5-8H2,1-4H3. The van der Waals surface area contributed by atoms with Crippen molar-refractivity contribution in [3.05, 3.63) is 29.3 Å². The Morgan fingerprint density at radius 3 is 2.25 bits per heavy atom. The summed E-state index contributed by atoms with van der Waals surface area (Å²) in [5.41, 5.74) is 2.87. The Morgan fingerprint density at radius 2 is 1.75 bits per heavy atom. The highest BCUT2D eigenvalue weighted by molar-refractivity contribution is 5.37. The van der Waals surface area contributed by atoms with Crippen molar-refractivity contribution in [3.8, 4) is 5.75 Å². The van der Waals surface area contributed by atoms with Crippen LogP contribution in [0.4, 0.5) is 0 Å². The van der Waals surface area contributed by atoms with Crippen LogP contribution in [0.25, 0.3) is 0 Å². The van der Waals surface area contributed by atoms with Crippen molar-refractivity contribution in [2.45, 2.75) is 52.4 Å². The van der Waals surface area contributed by atoms with Gasteiger partial charge >= 0.3 is 0 Å². The Morgan fingerprint density at radius 1 is 1.12 bits per heavy atom. The first-order valence-electron chi connectivity index (χ1n) is 6.37. The lowest BCUT2D eigenvalue weighted by Gasteiger charge is -2.19. The maximum Gasteiger partial charge on any atom is 0.119 e. The summed E-state index contributed by atoms with van der Waals surface area (Å²) in [6, 6.07) is 6.44. The molecular weight excluding hydrogens is 196 g/mol. The number of methoxy groups -OCH3 is 1. The van der Waals surface area contributed by atoms with Crippen molar-refractivity contribution in [3.63, 3.8) is 0 Å². The first kappa shape index (κ1) is 13.1. The van der Waals surface area contributed by atoms with Gasteiger partial charge in [-0.25, -0.2) is 0 Å². The minimum Gasteiger partial charge on any atom is -0.497 e. The highest BCUT2D eigenvalue weighted by Crippen LogP contribution is 2.31. The van der Waals surface area contributed by atoms with Gasteiger partial charge in [-0.3, -0.25) is 0 Å². The van der Waals surface area contributed by atoms with Gasteiger partial charge in [-0.15, -0.1) is 0 Å². The van der Waals surface area contributed by atoms with E-state index in [0.717, 1.165) is 5.75 Å². The average Bonchev–Trinajstić information content (AvgIpc) is 2.29. The summed E-state index contributed by atoms with van der Waals surface area (Å²) >= 11 is 0. The zero-order valence-corrected chi connectivity index (χ0v) is 11.0. The number of ether oxygens (including phenoxy) is 1. The van der Waals surface area contributed by atoms with Gasteiger partial charge in [0.15, 0.2) is 0 Å². The molecular formula is C15H24O. The van der Waals surface area contributed by atoms with E-state index in [0.29, 0.717) is 5.92 Å². The minimum absolute atomic E-state index is 0.699. The van der Waals surface area contributed by atoms with Crippen molar-refractivity contribution in [2.75, 3.05) is 7.11 Å². The molecule has 0 aliphatic rings. The first-order chi connectivity index (χ1) is 7.72. The molecule has 0 aromatic heterocycles. The van der Waals surface area contributed by atoms with Gasteiger partial charge in [0.1, 0.15) is 5.75 Å². The molecule has 1 nitrogen and oxygen atoms in total. The van der Waals surface area contributed by atoms with Crippen molar-refractivity contribution < 1.29 is 4.74 Å². The predicted molar refractivity (Wildman–Crippen MR) is 70.3 cm³/mol. The third-order valence-corrected chi connectivity index (χ3v) is 3.20. The monoisotopic (exact) mass is 220 g/mol. The summed E-state index contributed by atoms with van der Waals surface area (Å²) < 4.78 is 5.32. The summed E-state index contributed by atoms with van der Waals surface area (Å²) in [5.74, 6) is 1.68. The molecule has 16 heavy (non-hydrogen) atoms. The van der Waals surface area contributed by atoms with Crippen LogP contribution in [0.15, 0.2) is 18.2 Å². The third-order valence-electron chi connectivity index (χ3n) is 3.20. The highest BCUT2D eigenvalue weighted by Gasteiger charge is 2.12. The van der Waals surface area contributed by atoms with Crippen LogP contribution in [0.1, 0.15) is 56.6 Å². The Balaban J connectivity index is 2.96. The van der Waals surface area contributed by atoms with E-state index in [1.807, 2.05) is 6.07 Å². The molecule has 0 heterocycles. The Kier molecular flexibility index (Phi) is 5.37. The largest absolute Gasteiger partial charge is 0.497 e. The van der Waals surface area contributed by atoms with E-state index in [1.165, 1.54) is 36.8 Å². The number of rotatable bonds is 6. The smallest absolute Gasteiger partial charge is 0.119 e. The fourth-order valence-electron chi connectivity index (χ4n) is 2.34. The van der Waals surface area contributed by atoms with Crippen LogP contribution in [-0.4, -0.2) is 7.11 Å². The third kappa shape index (κ3) is 3.26. The topological polar surface area (TPSA) is 9.23 Å². The first-order valence-corrected chi connectivity index (χ1v) is 6.37. The van der Waals surface area contributed by atoms with Crippen LogP contribution in [-0.2, 0) is 0 Å². The fraction of sp³-hybridized carbons (Fsp3) is 0.600. The maximum atomic E-state index is 5.32. The molecule has 0 amide bonds. The van der Waals surface area contributed by atoms with Crippen LogP contribution >= 0.6 is 0 Å². The summed E-state index contributed by atoms with van der Waals surface area (Å²) in [6.45, 7) is 6.73. The number of hydrogen-bond donors (Lipinski definition) is 0. The van der Waals surface area contributed by atoms with Gasteiger partial charge < -0.3 is 4.74 Å². The van der Waals surface area contributed by atoms with E-state index in [1.54, 1.807) is 7.11 Å². The molecule has 0 bridgehead atoms. The minimum atomic E-state index is 0.699. The van der Waals surface area contributed by atoms with E-state index in [4.69, 9.17) is 4.74 Å². The van der Waals surface area contributed by atoms with E-state index in [9.17, 15) is 0 Å². The normalized spacial score (nSPS) is 10.8. The van der Waals surface area contributed by atoms with Crippen LogP contribution in [0.3, 0.4) is 0 Å². The Bertz CT molecular complexity index is 311. The summed E-state index contributed by atoms with van der Waals surface area (Å²) in [4.78, 5) is 0. The second-order valence-electron chi connectivity index (χ2n) is 4.50. The van der Waals surface area contributed by atoms with E-state index in [-0.39, 0.29) is 0 Å². The van der Waals surface area contributed by atoms with Crippen LogP contribution in [0.2, 0.25) is 0 Å². The molecule has 0 saturated carbocycles. The summed E-state index contributed by atoms with van der Waals surface area (Å²) in [7, 11) is 1.74. The molecule has 1 rings (SSSR count). The zero-order chi connectivity index (χ0) is 12.0. The SMILES string of the molecule is CCCC(CCC)c1cc(OC)ccc1C. The van der Waals surface area contributed by atoms with E-state index < -0.39 is 0 Å². The summed E-state index contributed by atoms with van der Waals surface area (Å²) in [6.07, 6.45) is 5.06. The van der Waals surface area contributed by atoms with Crippen molar-refractivity contribution in [1.82, 2.24) is 0 Å². The average molecular weight is 220 g/mol. The second kappa shape index (κ2) is 6.57. The number of aryl methyl sites for hydroxylation is 1. The molecule has 0 spiro atoms. The van der Waals surface area contributed by atoms with Gasteiger partial charge in [0.05, 0.1) is 7.11 Å². The van der Waals surface area contributed by atoms with Crippen LogP contribution in [0.5, 0.6) is 5.75 Å². The predicted octanol–water partition coefficient (Wildman–Crippen LogP) is 4.69. The number of hydrogen-bond acceptors (Lipinski definition) is 1. The molecule has 0 saturated heterocycles. The van der Waals surface area contributed by atoms with Gasteiger partial charge in [-0.1, -0.05) is 32.8 Å². The lowest BCUT2D eigenvalue weighted by molar-refractivity contribution is 0.413. The van der Waals surface area contributed by atoms with Gasteiger partial charge in [-0.05, 0) is 48.9 Å². The van der Waals surface area contributed by atoms with Crippen molar-refractivity contribution >= 4 is 0 Å². The van der Waals surface area contributed by atoms with Gasteiger partial charge in [0.25, 0.3) is 0 Å². The lowest BCUT2D eigenvalue weighted by Crippen LogP contribution is -2.01. The van der Waals surface area contributed by atoms with Crippen LogP contribution < -0.4 is 4.74 Å². The van der Waals surface area contributed by atoms with Crippen molar-refractivity contribution in [1.29, 1.82) is 0 Å². The second-order valence-corrected chi connectivity index (χ2v) is 4.50. The quantitative estimate of drug-likeness (QED) is 0.676. The molecule has 1 aromatic rings. The van der Waals surface area contributed by atoms with Gasteiger partial charge in [-0.2, -0.15) is 0 Å². The molecule has 0 aliphatic carbocycles. The lowest BCUT2D eigenvalue weighted by atomic mass is 9.87. The van der Waals surface area contributed by atoms with Crippen LogP contribution in [0, 0.1) is 6.92 Å². The molecule has 90 valence electrons. The molecule has 0 radical (unpaired) electrons. The fourth-order valence-corrected chi connectivity index (χ4v) is 2.34. The molecule has 0 atom stereocenters. The Hall–Kier alpha value is -0.980. The Labute approximate surface area is 99.8 Å². The number of benzene rings is 1.